The van der Waals surface area contributed by atoms with Crippen molar-refractivity contribution in [1.82, 2.24) is 10.6 Å². The van der Waals surface area contributed by atoms with Crippen LogP contribution < -0.4 is 10.6 Å². The van der Waals surface area contributed by atoms with Crippen LogP contribution in [0.4, 0.5) is 4.79 Å². The van der Waals surface area contributed by atoms with Gasteiger partial charge in [-0.05, 0) is 30.4 Å². The lowest BCUT2D eigenvalue weighted by Gasteiger charge is -2.29. The Morgan fingerprint density at radius 1 is 0.968 bits per heavy atom. The molecule has 0 heterocycles. The second-order valence-electron chi connectivity index (χ2n) is 7.90. The maximum atomic E-state index is 13.0. The molecule has 2 N–H and O–H groups in total. The zero-order chi connectivity index (χ0) is 22.9. The number of hydrogen-bond donors (Lipinski definition) is 2. The summed E-state index contributed by atoms with van der Waals surface area (Å²) in [6, 6.07) is 17.5. The average Bonchev–Trinajstić information content (AvgIpc) is 2.72. The van der Waals surface area contributed by atoms with E-state index in [1.807, 2.05) is 74.5 Å². The Morgan fingerprint density at radius 2 is 1.52 bits per heavy atom. The van der Waals surface area contributed by atoms with E-state index >= 15 is 0 Å². The topological polar surface area (TPSA) is 84.5 Å². The normalized spacial score (nSPS) is 13.7. The van der Waals surface area contributed by atoms with Gasteiger partial charge in [-0.15, -0.1) is 0 Å². The third-order valence-corrected chi connectivity index (χ3v) is 5.19. The molecule has 0 aliphatic rings. The minimum absolute atomic E-state index is 0.0869. The van der Waals surface area contributed by atoms with Gasteiger partial charge in [0.1, 0.15) is 12.6 Å². The first-order valence-electron chi connectivity index (χ1n) is 10.2. The molecule has 2 atom stereocenters. The first-order chi connectivity index (χ1) is 14.7. The van der Waals surface area contributed by atoms with Gasteiger partial charge in [0.05, 0.1) is 0 Å². The first kappa shape index (κ1) is 24.4. The van der Waals surface area contributed by atoms with E-state index in [1.165, 1.54) is 6.92 Å². The number of amides is 2. The minimum atomic E-state index is -1.61. The van der Waals surface area contributed by atoms with Crippen molar-refractivity contribution < 1.29 is 19.1 Å². The summed E-state index contributed by atoms with van der Waals surface area (Å²) < 4.78 is 5.23. The minimum Gasteiger partial charge on any atom is -0.445 e. The molecule has 166 valence electrons. The van der Waals surface area contributed by atoms with Crippen LogP contribution in [-0.2, 0) is 27.4 Å². The van der Waals surface area contributed by atoms with Crippen LogP contribution in [0, 0.1) is 5.92 Å². The number of alkyl halides is 1. The first-order valence-corrected chi connectivity index (χ1v) is 10.6. The molecule has 0 fully saturated rings. The van der Waals surface area contributed by atoms with Crippen molar-refractivity contribution in [2.24, 2.45) is 5.92 Å². The molecule has 7 heteroatoms. The number of Topliss-reactive ketones (excluding diaryl/α,β-unsaturated/α-hetero) is 1. The molecule has 0 unspecified atom stereocenters. The van der Waals surface area contributed by atoms with Crippen molar-refractivity contribution in [3.8, 4) is 0 Å². The number of alkyl carbamates (subject to hydrolysis) is 1. The molecule has 0 saturated carbocycles. The van der Waals surface area contributed by atoms with E-state index in [1.54, 1.807) is 0 Å². The highest BCUT2D eigenvalue weighted by Gasteiger charge is 2.37. The third kappa shape index (κ3) is 8.06. The lowest BCUT2D eigenvalue weighted by molar-refractivity contribution is -0.129. The van der Waals surface area contributed by atoms with Gasteiger partial charge in [0.15, 0.2) is 10.8 Å². The van der Waals surface area contributed by atoms with Crippen molar-refractivity contribution in [2.45, 2.75) is 51.3 Å². The predicted octanol–water partition coefficient (Wildman–Crippen LogP) is 4.21. The van der Waals surface area contributed by atoms with E-state index in [-0.39, 0.29) is 24.7 Å². The Kier molecular flexibility index (Phi) is 9.06. The van der Waals surface area contributed by atoms with Gasteiger partial charge in [0, 0.05) is 6.42 Å². The molecular formula is C24H29ClN2O4. The molecule has 0 aliphatic heterocycles. The highest BCUT2D eigenvalue weighted by atomic mass is 35.5. The number of ether oxygens (including phenoxy) is 1. The maximum absolute atomic E-state index is 13.0. The number of nitrogens with one attached hydrogen (secondary N) is 2. The number of rotatable bonds is 10. The highest BCUT2D eigenvalue weighted by molar-refractivity contribution is 6.35. The molecule has 0 aliphatic carbocycles. The van der Waals surface area contributed by atoms with Gasteiger partial charge in [-0.25, -0.2) is 4.79 Å². The van der Waals surface area contributed by atoms with Gasteiger partial charge < -0.3 is 15.4 Å². The van der Waals surface area contributed by atoms with Crippen LogP contribution in [-0.4, -0.2) is 28.8 Å². The Bertz CT molecular complexity index is 874. The summed E-state index contributed by atoms with van der Waals surface area (Å²) in [5.41, 5.74) is 1.64. The smallest absolute Gasteiger partial charge is 0.408 e. The van der Waals surface area contributed by atoms with Crippen molar-refractivity contribution in [3.63, 3.8) is 0 Å². The molecule has 0 saturated heterocycles. The fraction of sp³-hybridized carbons (Fsp3) is 0.375. The number of benzene rings is 2. The van der Waals surface area contributed by atoms with Crippen molar-refractivity contribution in [1.29, 1.82) is 0 Å². The Balaban J connectivity index is 2.05. The van der Waals surface area contributed by atoms with Crippen LogP contribution in [0.1, 0.15) is 38.3 Å². The Labute approximate surface area is 188 Å². The van der Waals surface area contributed by atoms with Crippen molar-refractivity contribution in [2.75, 3.05) is 0 Å². The number of carbonyl (C=O) groups is 3. The van der Waals surface area contributed by atoms with E-state index in [2.05, 4.69) is 10.6 Å². The molecular weight excluding hydrogens is 416 g/mol. The summed E-state index contributed by atoms with van der Waals surface area (Å²) in [5.74, 6) is -0.811. The molecule has 2 aromatic carbocycles. The average molecular weight is 445 g/mol. The molecule has 0 bridgehead atoms. The lowest BCUT2D eigenvalue weighted by atomic mass is 9.99. The summed E-state index contributed by atoms with van der Waals surface area (Å²) in [6.45, 7) is 5.28. The zero-order valence-corrected chi connectivity index (χ0v) is 18.8. The van der Waals surface area contributed by atoms with E-state index in [0.29, 0.717) is 6.42 Å². The standard InChI is InChI=1S/C24H29ClN2O4/c1-17(2)14-21(26-23(30)31-16-20-12-8-5-9-13-20)22(29)27-24(25,18(3)28)15-19-10-6-4-7-11-19/h4-13,17,21H,14-16H2,1-3H3,(H,26,30)(H,27,29)/t21-,24+/m0/s1. The molecule has 0 aromatic heterocycles. The quantitative estimate of drug-likeness (QED) is 0.424. The molecule has 0 radical (unpaired) electrons. The largest absolute Gasteiger partial charge is 0.445 e. The molecule has 2 aromatic rings. The van der Waals surface area contributed by atoms with Gasteiger partial charge >= 0.3 is 6.09 Å². The van der Waals surface area contributed by atoms with Crippen LogP contribution in [0.2, 0.25) is 0 Å². The van der Waals surface area contributed by atoms with Crippen LogP contribution in [0.15, 0.2) is 60.7 Å². The third-order valence-electron chi connectivity index (χ3n) is 4.70. The Hall–Kier alpha value is -2.86. The second-order valence-corrected chi connectivity index (χ2v) is 8.54. The van der Waals surface area contributed by atoms with Crippen LogP contribution in [0.5, 0.6) is 0 Å². The number of halogens is 1. The van der Waals surface area contributed by atoms with Gasteiger partial charge in [-0.1, -0.05) is 86.1 Å². The molecule has 2 amide bonds. The van der Waals surface area contributed by atoms with Gasteiger partial charge in [0.2, 0.25) is 5.91 Å². The van der Waals surface area contributed by atoms with Crippen molar-refractivity contribution in [3.05, 3.63) is 71.8 Å². The molecule has 31 heavy (non-hydrogen) atoms. The van der Waals surface area contributed by atoms with Crippen LogP contribution in [0.3, 0.4) is 0 Å². The second kappa shape index (κ2) is 11.5. The predicted molar refractivity (Wildman–Crippen MR) is 121 cm³/mol. The highest BCUT2D eigenvalue weighted by Crippen LogP contribution is 2.21. The summed E-state index contributed by atoms with van der Waals surface area (Å²) in [7, 11) is 0. The van der Waals surface area contributed by atoms with Crippen molar-refractivity contribution >= 4 is 29.4 Å². The monoisotopic (exact) mass is 444 g/mol. The Morgan fingerprint density at radius 3 is 2.03 bits per heavy atom. The fourth-order valence-electron chi connectivity index (χ4n) is 3.03. The number of hydrogen-bond acceptors (Lipinski definition) is 4. The molecule has 0 spiro atoms. The molecule has 6 nitrogen and oxygen atoms in total. The van der Waals surface area contributed by atoms with Gasteiger partial charge in [0.25, 0.3) is 0 Å². The van der Waals surface area contributed by atoms with E-state index in [0.717, 1.165) is 11.1 Å². The van der Waals surface area contributed by atoms with Gasteiger partial charge in [-0.2, -0.15) is 0 Å². The van der Waals surface area contributed by atoms with E-state index in [4.69, 9.17) is 16.3 Å². The lowest BCUT2D eigenvalue weighted by Crippen LogP contribution is -2.57. The maximum Gasteiger partial charge on any atom is 0.408 e. The number of ketones is 1. The van der Waals surface area contributed by atoms with Crippen LogP contribution >= 0.6 is 11.6 Å². The number of carbonyl (C=O) groups excluding carboxylic acids is 3. The fourth-order valence-corrected chi connectivity index (χ4v) is 3.27. The SMILES string of the molecule is CC(=O)[C@@](Cl)(Cc1ccccc1)NC(=O)[C@H](CC(C)C)NC(=O)OCc1ccccc1. The molecule has 2 rings (SSSR count). The summed E-state index contributed by atoms with van der Waals surface area (Å²) in [4.78, 5) is 35.9. The summed E-state index contributed by atoms with van der Waals surface area (Å²) in [6.07, 6.45) is -0.220. The van der Waals surface area contributed by atoms with Crippen LogP contribution in [0.25, 0.3) is 0 Å². The summed E-state index contributed by atoms with van der Waals surface area (Å²) >= 11 is 6.54. The van der Waals surface area contributed by atoms with Gasteiger partial charge in [-0.3, -0.25) is 9.59 Å². The summed E-state index contributed by atoms with van der Waals surface area (Å²) in [5, 5.41) is 5.23. The zero-order valence-electron chi connectivity index (χ0n) is 18.1. The van der Waals surface area contributed by atoms with E-state index < -0.39 is 23.0 Å². The van der Waals surface area contributed by atoms with E-state index in [9.17, 15) is 14.4 Å².